The molecule has 0 spiro atoms. The maximum Gasteiger partial charge on any atom is 0.191 e. The van der Waals surface area contributed by atoms with Gasteiger partial charge in [0.1, 0.15) is 11.6 Å². The maximum atomic E-state index is 5.78. The molecule has 0 aliphatic carbocycles. The summed E-state index contributed by atoms with van der Waals surface area (Å²) in [6, 6.07) is 12.6. The van der Waals surface area contributed by atoms with Crippen molar-refractivity contribution in [1.82, 2.24) is 20.5 Å². The van der Waals surface area contributed by atoms with Crippen molar-refractivity contribution in [3.8, 4) is 5.75 Å². The highest BCUT2D eigenvalue weighted by molar-refractivity contribution is 14.0. The summed E-state index contributed by atoms with van der Waals surface area (Å²) in [5.41, 5.74) is 2.31. The Morgan fingerprint density at radius 2 is 1.76 bits per heavy atom. The molecular formula is C25H39IN6O. The number of aliphatic imine (C=N–C) groups is 1. The Bertz CT molecular complexity index is 848. The average Bonchev–Trinajstić information content (AvgIpc) is 2.81. The van der Waals surface area contributed by atoms with Gasteiger partial charge < -0.3 is 25.2 Å². The first-order valence-corrected chi connectivity index (χ1v) is 11.5. The first-order valence-electron chi connectivity index (χ1n) is 11.5. The Morgan fingerprint density at radius 1 is 1.06 bits per heavy atom. The predicted molar refractivity (Wildman–Crippen MR) is 148 cm³/mol. The van der Waals surface area contributed by atoms with Gasteiger partial charge in [-0.05, 0) is 49.2 Å². The van der Waals surface area contributed by atoms with E-state index in [2.05, 4.69) is 82.5 Å². The van der Waals surface area contributed by atoms with Crippen molar-refractivity contribution in [2.24, 2.45) is 10.9 Å². The van der Waals surface area contributed by atoms with Gasteiger partial charge in [0, 0.05) is 46.0 Å². The molecule has 0 saturated carbocycles. The number of rotatable bonds is 8. The largest absolute Gasteiger partial charge is 0.493 e. The lowest BCUT2D eigenvalue weighted by atomic mass is 10.1. The third kappa shape index (κ3) is 8.66. The third-order valence-corrected chi connectivity index (χ3v) is 5.64. The first-order chi connectivity index (χ1) is 15.4. The molecule has 2 aromatic rings. The number of benzene rings is 1. The van der Waals surface area contributed by atoms with E-state index in [1.165, 1.54) is 5.56 Å². The Hall–Kier alpha value is -2.07. The smallest absolute Gasteiger partial charge is 0.191 e. The molecule has 1 fully saturated rings. The minimum absolute atomic E-state index is 0. The van der Waals surface area contributed by atoms with Crippen LogP contribution in [0.5, 0.6) is 5.75 Å². The minimum Gasteiger partial charge on any atom is -0.493 e. The van der Waals surface area contributed by atoms with E-state index in [0.29, 0.717) is 12.5 Å². The van der Waals surface area contributed by atoms with Crippen LogP contribution in [0, 0.1) is 5.92 Å². The summed E-state index contributed by atoms with van der Waals surface area (Å²) in [5, 5.41) is 6.84. The molecule has 33 heavy (non-hydrogen) atoms. The Balaban J connectivity index is 0.00000385. The second kappa shape index (κ2) is 13.6. The fourth-order valence-electron chi connectivity index (χ4n) is 3.53. The third-order valence-electron chi connectivity index (χ3n) is 5.64. The quantitative estimate of drug-likeness (QED) is 0.287. The molecule has 0 radical (unpaired) electrons. The number of anilines is 1. The molecule has 1 aromatic carbocycles. The van der Waals surface area contributed by atoms with Gasteiger partial charge in [-0.3, -0.25) is 4.99 Å². The molecule has 1 aliphatic rings. The normalized spacial score (nSPS) is 15.7. The second-order valence-corrected chi connectivity index (χ2v) is 8.88. The summed E-state index contributed by atoms with van der Waals surface area (Å²) in [7, 11) is 3.96. The van der Waals surface area contributed by atoms with Gasteiger partial charge in [0.25, 0.3) is 0 Å². The van der Waals surface area contributed by atoms with Crippen LogP contribution < -0.4 is 20.3 Å². The van der Waals surface area contributed by atoms with Crippen LogP contribution in [0.2, 0.25) is 0 Å². The predicted octanol–water partition coefficient (Wildman–Crippen LogP) is 3.91. The van der Waals surface area contributed by atoms with Gasteiger partial charge in [-0.2, -0.15) is 0 Å². The second-order valence-electron chi connectivity index (χ2n) is 8.88. The lowest BCUT2D eigenvalue weighted by Crippen LogP contribution is -2.44. The summed E-state index contributed by atoms with van der Waals surface area (Å²) in [6.45, 7) is 12.1. The Kier molecular flexibility index (Phi) is 11.2. The Morgan fingerprint density at radius 3 is 2.33 bits per heavy atom. The standard InChI is InChI=1S/C25H38N6O.HI/c1-19(2)18-32-23-9-7-22(8-10-23)20(3)29-25(26-4)28-17-21-6-11-24(27-16-21)31-14-12-30(5)13-15-31;/h6-11,16,19-20H,12-15,17-18H2,1-5H3,(H2,26,28,29);1H. The van der Waals surface area contributed by atoms with E-state index < -0.39 is 0 Å². The number of ether oxygens (including phenoxy) is 1. The molecule has 2 heterocycles. The van der Waals surface area contributed by atoms with E-state index >= 15 is 0 Å². The van der Waals surface area contributed by atoms with Crippen LogP contribution in [-0.2, 0) is 6.54 Å². The van der Waals surface area contributed by atoms with Crippen molar-refractivity contribution in [1.29, 1.82) is 0 Å². The van der Waals surface area contributed by atoms with Gasteiger partial charge >= 0.3 is 0 Å². The lowest BCUT2D eigenvalue weighted by molar-refractivity contribution is 0.271. The van der Waals surface area contributed by atoms with Crippen LogP contribution in [0.15, 0.2) is 47.6 Å². The number of pyridine rings is 1. The molecule has 1 saturated heterocycles. The molecule has 182 valence electrons. The summed E-state index contributed by atoms with van der Waals surface area (Å²) in [5.74, 6) is 3.24. The van der Waals surface area contributed by atoms with Crippen LogP contribution in [0.25, 0.3) is 0 Å². The van der Waals surface area contributed by atoms with Crippen molar-refractivity contribution in [2.45, 2.75) is 33.4 Å². The lowest BCUT2D eigenvalue weighted by Gasteiger charge is -2.33. The van der Waals surface area contributed by atoms with Crippen molar-refractivity contribution in [2.75, 3.05) is 51.8 Å². The van der Waals surface area contributed by atoms with Crippen molar-refractivity contribution in [3.05, 3.63) is 53.7 Å². The van der Waals surface area contributed by atoms with Gasteiger partial charge in [0.2, 0.25) is 0 Å². The number of guanidine groups is 1. The Labute approximate surface area is 216 Å². The highest BCUT2D eigenvalue weighted by atomic mass is 127. The highest BCUT2D eigenvalue weighted by Crippen LogP contribution is 2.18. The molecule has 0 bridgehead atoms. The number of nitrogens with one attached hydrogen (secondary N) is 2. The fourth-order valence-corrected chi connectivity index (χ4v) is 3.53. The van der Waals surface area contributed by atoms with E-state index in [1.807, 2.05) is 18.3 Å². The molecule has 1 aromatic heterocycles. The first kappa shape index (κ1) is 27.2. The van der Waals surface area contributed by atoms with Gasteiger partial charge in [-0.15, -0.1) is 24.0 Å². The summed E-state index contributed by atoms with van der Waals surface area (Å²) in [4.78, 5) is 13.7. The summed E-state index contributed by atoms with van der Waals surface area (Å²) < 4.78 is 5.78. The average molecular weight is 567 g/mol. The van der Waals surface area contributed by atoms with E-state index in [1.54, 1.807) is 7.05 Å². The van der Waals surface area contributed by atoms with Crippen molar-refractivity contribution in [3.63, 3.8) is 0 Å². The zero-order valence-electron chi connectivity index (χ0n) is 20.5. The molecule has 0 amide bonds. The van der Waals surface area contributed by atoms with Gasteiger partial charge in [0.15, 0.2) is 5.96 Å². The van der Waals surface area contributed by atoms with Crippen LogP contribution in [0.4, 0.5) is 5.82 Å². The molecule has 1 atom stereocenters. The van der Waals surface area contributed by atoms with E-state index in [-0.39, 0.29) is 30.0 Å². The zero-order valence-corrected chi connectivity index (χ0v) is 22.9. The number of piperazine rings is 1. The van der Waals surface area contributed by atoms with Gasteiger partial charge in [0.05, 0.1) is 12.6 Å². The number of nitrogens with zero attached hydrogens (tertiary/aromatic N) is 4. The van der Waals surface area contributed by atoms with Gasteiger partial charge in [-0.1, -0.05) is 32.0 Å². The maximum absolute atomic E-state index is 5.78. The SMILES string of the molecule is CN=C(NCc1ccc(N2CCN(C)CC2)nc1)NC(C)c1ccc(OCC(C)C)cc1.I. The van der Waals surface area contributed by atoms with Crippen LogP contribution >= 0.6 is 24.0 Å². The van der Waals surface area contributed by atoms with E-state index in [0.717, 1.165) is 55.9 Å². The zero-order chi connectivity index (χ0) is 22.9. The topological polar surface area (TPSA) is 65.0 Å². The molecule has 1 aliphatic heterocycles. The molecule has 8 heteroatoms. The van der Waals surface area contributed by atoms with Crippen LogP contribution in [-0.4, -0.2) is 62.7 Å². The number of likely N-dealkylation sites (N-methyl/N-ethyl adjacent to an activating group) is 1. The number of hydrogen-bond acceptors (Lipinski definition) is 5. The van der Waals surface area contributed by atoms with Crippen LogP contribution in [0.3, 0.4) is 0 Å². The monoisotopic (exact) mass is 566 g/mol. The number of aromatic nitrogens is 1. The number of hydrogen-bond donors (Lipinski definition) is 2. The fraction of sp³-hybridized carbons (Fsp3) is 0.520. The molecule has 3 rings (SSSR count). The number of halogens is 1. The van der Waals surface area contributed by atoms with Gasteiger partial charge in [-0.25, -0.2) is 4.98 Å². The molecule has 2 N–H and O–H groups in total. The molecule has 1 unspecified atom stereocenters. The van der Waals surface area contributed by atoms with Crippen molar-refractivity contribution < 1.29 is 4.74 Å². The van der Waals surface area contributed by atoms with Crippen molar-refractivity contribution >= 4 is 35.8 Å². The van der Waals surface area contributed by atoms with Crippen LogP contribution in [0.1, 0.15) is 37.9 Å². The highest BCUT2D eigenvalue weighted by Gasteiger charge is 2.15. The summed E-state index contributed by atoms with van der Waals surface area (Å²) in [6.07, 6.45) is 1.95. The van der Waals surface area contributed by atoms with E-state index in [4.69, 9.17) is 4.74 Å². The summed E-state index contributed by atoms with van der Waals surface area (Å²) >= 11 is 0. The molecular weight excluding hydrogens is 527 g/mol. The molecule has 7 nitrogen and oxygen atoms in total. The minimum atomic E-state index is 0. The van der Waals surface area contributed by atoms with E-state index in [9.17, 15) is 0 Å².